The van der Waals surface area contributed by atoms with Gasteiger partial charge in [0.2, 0.25) is 17.7 Å². The average Bonchev–Trinajstić information content (AvgIpc) is 3.42. The Morgan fingerprint density at radius 2 is 1.89 bits per heavy atom. The van der Waals surface area contributed by atoms with Crippen LogP contribution in [0.2, 0.25) is 0 Å². The zero-order valence-electron chi connectivity index (χ0n) is 24.5. The number of nitrogens with one attached hydrogen (secondary N) is 2. The Morgan fingerprint density at radius 3 is 2.59 bits per heavy atom. The highest BCUT2D eigenvalue weighted by Gasteiger charge is 2.28. The van der Waals surface area contributed by atoms with Crippen LogP contribution in [0.25, 0.3) is 16.9 Å². The number of halogens is 2. The Hall–Kier alpha value is -3.72. The molecule has 1 aliphatic carbocycles. The van der Waals surface area contributed by atoms with Crippen LogP contribution in [-0.2, 0) is 9.53 Å². The Labute approximate surface area is 257 Å². The average molecular weight is 634 g/mol. The molecule has 0 unspecified atom stereocenters. The lowest BCUT2D eigenvalue weighted by Gasteiger charge is -2.31. The molecule has 15 heteroatoms. The van der Waals surface area contributed by atoms with Gasteiger partial charge in [0.1, 0.15) is 11.9 Å². The number of aromatic nitrogens is 4. The standard InChI is InChI=1S/C29H37F2N7O5S/c1-44-15-10-18(17-32-29(40)41)27(39)33-19-6-8-20(9-7-19)43-24-16-23(35-28(36-24)37-11-13-42-14-12-37)38-22-5-3-2-4-21(22)34-26(38)25(30)31/h2-5,16,18-20,25,32H,6-15,17H2,1H3,(H,33,39)(H,40,41)/t18-,19?,20?/m0/s1. The van der Waals surface area contributed by atoms with Gasteiger partial charge in [-0.3, -0.25) is 9.36 Å². The zero-order chi connectivity index (χ0) is 31.1. The summed E-state index contributed by atoms with van der Waals surface area (Å²) in [5.41, 5.74) is 0.942. The Bertz CT molecular complexity index is 1430. The molecule has 1 atom stereocenters. The SMILES string of the molecule is CSCC[C@@H](CNC(=O)O)C(=O)NC1CCC(Oc2cc(-n3c(C(F)F)nc4ccccc43)nc(N3CCOCC3)n2)CC1. The monoisotopic (exact) mass is 633 g/mol. The molecule has 5 rings (SSSR count). The number of para-hydroxylation sites is 2. The number of carboxylic acid groups (broad SMARTS) is 1. The van der Waals surface area contributed by atoms with E-state index in [1.165, 1.54) is 4.57 Å². The quantitative estimate of drug-likeness (QED) is 0.267. The smallest absolute Gasteiger partial charge is 0.404 e. The molecule has 3 N–H and O–H groups in total. The summed E-state index contributed by atoms with van der Waals surface area (Å²) in [5, 5.41) is 14.4. The summed E-state index contributed by atoms with van der Waals surface area (Å²) in [5.74, 6) is 0.631. The highest BCUT2D eigenvalue weighted by atomic mass is 32.2. The van der Waals surface area contributed by atoms with Crippen LogP contribution in [0.4, 0.5) is 19.5 Å². The van der Waals surface area contributed by atoms with Gasteiger partial charge in [-0.15, -0.1) is 0 Å². The third kappa shape index (κ3) is 7.86. The van der Waals surface area contributed by atoms with E-state index in [-0.39, 0.29) is 36.3 Å². The van der Waals surface area contributed by atoms with Gasteiger partial charge in [0.05, 0.1) is 30.2 Å². The highest BCUT2D eigenvalue weighted by molar-refractivity contribution is 7.98. The summed E-state index contributed by atoms with van der Waals surface area (Å²) in [6, 6.07) is 8.44. The van der Waals surface area contributed by atoms with E-state index in [0.29, 0.717) is 75.4 Å². The molecule has 44 heavy (non-hydrogen) atoms. The maximum Gasteiger partial charge on any atom is 0.404 e. The fourth-order valence-corrected chi connectivity index (χ4v) is 6.04. The number of hydrogen-bond acceptors (Lipinski definition) is 9. The number of anilines is 1. The third-order valence-corrected chi connectivity index (χ3v) is 8.48. The normalized spacial score (nSPS) is 19.6. The third-order valence-electron chi connectivity index (χ3n) is 7.83. The number of ether oxygens (including phenoxy) is 2. The number of alkyl halides is 2. The van der Waals surface area contributed by atoms with Crippen molar-refractivity contribution >= 4 is 40.7 Å². The van der Waals surface area contributed by atoms with E-state index in [9.17, 15) is 18.4 Å². The van der Waals surface area contributed by atoms with Crippen molar-refractivity contribution < 1.29 is 33.0 Å². The first-order valence-electron chi connectivity index (χ1n) is 14.7. The van der Waals surface area contributed by atoms with E-state index >= 15 is 0 Å². The molecule has 0 bridgehead atoms. The number of fused-ring (bicyclic) bond motifs is 1. The van der Waals surface area contributed by atoms with Crippen LogP contribution in [0.3, 0.4) is 0 Å². The molecule has 1 aromatic carbocycles. The second-order valence-corrected chi connectivity index (χ2v) is 11.8. The molecule has 2 amide bonds. The molecule has 3 aromatic rings. The van der Waals surface area contributed by atoms with E-state index in [2.05, 4.69) is 25.6 Å². The number of hydrogen-bond donors (Lipinski definition) is 3. The highest BCUT2D eigenvalue weighted by Crippen LogP contribution is 2.31. The number of nitrogens with zero attached hydrogens (tertiary/aromatic N) is 5. The molecule has 2 fully saturated rings. The number of benzene rings is 1. The van der Waals surface area contributed by atoms with Crippen LogP contribution < -0.4 is 20.3 Å². The predicted octanol–water partition coefficient (Wildman–Crippen LogP) is 4.03. The van der Waals surface area contributed by atoms with Crippen LogP contribution in [0.5, 0.6) is 5.88 Å². The molecule has 238 valence electrons. The summed E-state index contributed by atoms with van der Waals surface area (Å²) < 4.78 is 41.5. The lowest BCUT2D eigenvalue weighted by molar-refractivity contribution is -0.126. The first kappa shape index (κ1) is 31.7. The van der Waals surface area contributed by atoms with Crippen molar-refractivity contribution in [3.05, 3.63) is 36.2 Å². The molecule has 12 nitrogen and oxygen atoms in total. The number of amides is 2. The van der Waals surface area contributed by atoms with Crippen LogP contribution >= 0.6 is 11.8 Å². The second-order valence-electron chi connectivity index (χ2n) is 10.8. The molecule has 1 saturated carbocycles. The van der Waals surface area contributed by atoms with Crippen molar-refractivity contribution in [1.29, 1.82) is 0 Å². The van der Waals surface area contributed by atoms with Crippen molar-refractivity contribution in [1.82, 2.24) is 30.2 Å². The molecule has 2 aromatic heterocycles. The fraction of sp³-hybridized carbons (Fsp3) is 0.552. The van der Waals surface area contributed by atoms with Crippen molar-refractivity contribution in [3.63, 3.8) is 0 Å². The molecule has 0 radical (unpaired) electrons. The number of rotatable bonds is 12. The predicted molar refractivity (Wildman–Crippen MR) is 162 cm³/mol. The van der Waals surface area contributed by atoms with Gasteiger partial charge < -0.3 is 30.1 Å². The molecule has 0 spiro atoms. The largest absolute Gasteiger partial charge is 0.474 e. The van der Waals surface area contributed by atoms with E-state index in [4.69, 9.17) is 14.6 Å². The molecule has 2 aliphatic rings. The van der Waals surface area contributed by atoms with E-state index in [0.717, 1.165) is 5.75 Å². The Kier molecular flexibility index (Phi) is 10.7. The summed E-state index contributed by atoms with van der Waals surface area (Å²) in [6.07, 6.45) is 1.00. The van der Waals surface area contributed by atoms with Gasteiger partial charge >= 0.3 is 6.09 Å². The van der Waals surface area contributed by atoms with Crippen molar-refractivity contribution in [2.75, 3.05) is 49.8 Å². The van der Waals surface area contributed by atoms with Gasteiger partial charge in [-0.2, -0.15) is 21.7 Å². The Balaban J connectivity index is 1.31. The number of carbonyl (C=O) groups excluding carboxylic acids is 1. The van der Waals surface area contributed by atoms with Crippen LogP contribution in [0.15, 0.2) is 30.3 Å². The number of morpholine rings is 1. The van der Waals surface area contributed by atoms with E-state index < -0.39 is 24.3 Å². The van der Waals surface area contributed by atoms with Gasteiger partial charge in [0.25, 0.3) is 6.43 Å². The second kappa shape index (κ2) is 14.8. The maximum atomic E-state index is 14.2. The van der Waals surface area contributed by atoms with E-state index in [1.54, 1.807) is 42.1 Å². The summed E-state index contributed by atoms with van der Waals surface area (Å²) in [7, 11) is 0. The van der Waals surface area contributed by atoms with Crippen LogP contribution in [0, 0.1) is 5.92 Å². The minimum Gasteiger partial charge on any atom is -0.474 e. The van der Waals surface area contributed by atoms with E-state index in [1.807, 2.05) is 11.2 Å². The lowest BCUT2D eigenvalue weighted by atomic mass is 9.92. The summed E-state index contributed by atoms with van der Waals surface area (Å²) in [6.45, 7) is 2.18. The van der Waals surface area contributed by atoms with Crippen LogP contribution in [0.1, 0.15) is 44.4 Å². The van der Waals surface area contributed by atoms with Gasteiger partial charge in [-0.05, 0) is 56.2 Å². The molecule has 3 heterocycles. The van der Waals surface area contributed by atoms with Gasteiger partial charge in [0, 0.05) is 31.7 Å². The van der Waals surface area contributed by atoms with Crippen molar-refractivity contribution in [2.45, 2.75) is 50.7 Å². The van der Waals surface area contributed by atoms with Crippen molar-refractivity contribution in [3.8, 4) is 11.7 Å². The number of thioether (sulfide) groups is 1. The van der Waals surface area contributed by atoms with Crippen molar-refractivity contribution in [2.24, 2.45) is 5.92 Å². The summed E-state index contributed by atoms with van der Waals surface area (Å²) in [4.78, 5) is 39.3. The van der Waals surface area contributed by atoms with Gasteiger partial charge in [-0.25, -0.2) is 18.6 Å². The fourth-order valence-electron chi connectivity index (χ4n) is 5.52. The molecular weight excluding hydrogens is 596 g/mol. The minimum atomic E-state index is -2.82. The molecule has 1 saturated heterocycles. The first-order chi connectivity index (χ1) is 21.3. The summed E-state index contributed by atoms with van der Waals surface area (Å²) >= 11 is 1.61. The number of imidazole rings is 1. The zero-order valence-corrected chi connectivity index (χ0v) is 25.3. The lowest BCUT2D eigenvalue weighted by Crippen LogP contribution is -2.45. The number of carbonyl (C=O) groups is 2. The Morgan fingerprint density at radius 1 is 1.14 bits per heavy atom. The van der Waals surface area contributed by atoms with Gasteiger partial charge in [-0.1, -0.05) is 12.1 Å². The van der Waals surface area contributed by atoms with Gasteiger partial charge in [0.15, 0.2) is 5.82 Å². The topological polar surface area (TPSA) is 144 Å². The maximum absolute atomic E-state index is 14.2. The first-order valence-corrected chi connectivity index (χ1v) is 16.1. The minimum absolute atomic E-state index is 0.0558. The molecule has 1 aliphatic heterocycles. The molecular formula is C29H37F2N7O5S. The van der Waals surface area contributed by atoms with Crippen LogP contribution in [-0.4, -0.2) is 93.6 Å².